The molecule has 3 heteroatoms. The zero-order chi connectivity index (χ0) is 30.2. The largest absolute Gasteiger partial charge is 0.456 e. The van der Waals surface area contributed by atoms with Gasteiger partial charge in [0.05, 0.1) is 22.1 Å². The van der Waals surface area contributed by atoms with Gasteiger partial charge in [0.2, 0.25) is 0 Å². The normalized spacial score (nSPS) is 19.2. The van der Waals surface area contributed by atoms with Crippen molar-refractivity contribution >= 4 is 55.3 Å². The van der Waals surface area contributed by atoms with Gasteiger partial charge in [0, 0.05) is 10.8 Å². The van der Waals surface area contributed by atoms with Crippen LogP contribution >= 0.6 is 0 Å². The molecule has 8 aromatic rings. The Morgan fingerprint density at radius 3 is 1.63 bits per heavy atom. The number of furan rings is 2. The minimum Gasteiger partial charge on any atom is -0.456 e. The average Bonchev–Trinajstić information content (AvgIpc) is 3.90. The van der Waals surface area contributed by atoms with Gasteiger partial charge in [-0.15, -0.1) is 0 Å². The summed E-state index contributed by atoms with van der Waals surface area (Å²) in [6.45, 7) is 0. The van der Waals surface area contributed by atoms with Crippen LogP contribution in [0.1, 0.15) is 37.2 Å². The minimum atomic E-state index is 0.753. The molecule has 2 fully saturated rings. The first-order valence-electron chi connectivity index (χ1n) is 16.6. The molecule has 6 aromatic carbocycles. The first-order valence-corrected chi connectivity index (χ1v) is 16.6. The molecule has 10 rings (SSSR count). The summed E-state index contributed by atoms with van der Waals surface area (Å²) in [5.41, 5.74) is 11.9. The molecule has 3 unspecified atom stereocenters. The molecule has 3 nitrogen and oxygen atoms in total. The number of nitrogens with one attached hydrogen (secondary N) is 1. The highest BCUT2D eigenvalue weighted by Crippen LogP contribution is 2.53. The minimum absolute atomic E-state index is 0.753. The van der Waals surface area contributed by atoms with E-state index in [4.69, 9.17) is 8.83 Å². The topological polar surface area (TPSA) is 38.3 Å². The quantitative estimate of drug-likeness (QED) is 0.215. The van der Waals surface area contributed by atoms with Gasteiger partial charge in [-0.25, -0.2) is 0 Å². The summed E-state index contributed by atoms with van der Waals surface area (Å²) in [5.74, 6) is 2.61. The van der Waals surface area contributed by atoms with Crippen molar-refractivity contribution in [3.05, 3.63) is 133 Å². The summed E-state index contributed by atoms with van der Waals surface area (Å²) in [6, 6.07) is 45.4. The van der Waals surface area contributed by atoms with E-state index in [1.165, 1.54) is 53.5 Å². The van der Waals surface area contributed by atoms with Crippen molar-refractivity contribution in [3.63, 3.8) is 0 Å². The van der Waals surface area contributed by atoms with E-state index in [0.717, 1.165) is 73.0 Å². The number of rotatable bonds is 5. The predicted molar refractivity (Wildman–Crippen MR) is 190 cm³/mol. The summed E-state index contributed by atoms with van der Waals surface area (Å²) in [6.07, 6.45) is 5.67. The van der Waals surface area contributed by atoms with E-state index in [1.54, 1.807) is 0 Å². The molecule has 0 spiro atoms. The van der Waals surface area contributed by atoms with Gasteiger partial charge in [-0.1, -0.05) is 85.3 Å². The molecule has 2 saturated carbocycles. The molecular formula is C43H33NO2. The van der Waals surface area contributed by atoms with Crippen LogP contribution in [0, 0.1) is 11.8 Å². The summed E-state index contributed by atoms with van der Waals surface area (Å²) in [7, 11) is 0. The van der Waals surface area contributed by atoms with Crippen molar-refractivity contribution in [2.45, 2.75) is 31.6 Å². The van der Waals surface area contributed by atoms with Crippen LogP contribution in [0.2, 0.25) is 0 Å². The van der Waals surface area contributed by atoms with Crippen LogP contribution in [0.15, 0.2) is 136 Å². The van der Waals surface area contributed by atoms with Gasteiger partial charge in [-0.3, -0.25) is 0 Å². The lowest BCUT2D eigenvalue weighted by molar-refractivity contribution is 0.420. The Balaban J connectivity index is 1.05. The third kappa shape index (κ3) is 4.11. The van der Waals surface area contributed by atoms with E-state index < -0.39 is 0 Å². The van der Waals surface area contributed by atoms with E-state index in [-0.39, 0.29) is 0 Å². The SMILES string of the molecule is c1ccc(-c2ccc3oc4cccc(Nc5cccc6oc7ccc(-c8ccc(C9CC%10CCC9C%10)cc8)cc7c56)c4c3c2)cc1. The first kappa shape index (κ1) is 26.0. The van der Waals surface area contributed by atoms with Crippen LogP contribution in [0.5, 0.6) is 0 Å². The molecule has 3 atom stereocenters. The Bertz CT molecular complexity index is 2410. The number of anilines is 2. The summed E-state index contributed by atoms with van der Waals surface area (Å²) in [4.78, 5) is 0. The smallest absolute Gasteiger partial charge is 0.137 e. The van der Waals surface area contributed by atoms with E-state index in [0.29, 0.717) is 0 Å². The fourth-order valence-corrected chi connectivity index (χ4v) is 8.57. The Hall–Kier alpha value is -5.28. The number of hydrogen-bond acceptors (Lipinski definition) is 3. The molecular weight excluding hydrogens is 562 g/mol. The highest BCUT2D eigenvalue weighted by atomic mass is 16.3. The number of benzene rings is 6. The summed E-state index contributed by atoms with van der Waals surface area (Å²) < 4.78 is 12.7. The second-order valence-electron chi connectivity index (χ2n) is 13.4. The predicted octanol–water partition coefficient (Wildman–Crippen LogP) is 12.5. The Morgan fingerprint density at radius 1 is 0.478 bits per heavy atom. The van der Waals surface area contributed by atoms with Gasteiger partial charge in [-0.2, -0.15) is 0 Å². The fourth-order valence-electron chi connectivity index (χ4n) is 8.57. The summed E-state index contributed by atoms with van der Waals surface area (Å²) >= 11 is 0. The van der Waals surface area contributed by atoms with Crippen molar-refractivity contribution in [3.8, 4) is 22.3 Å². The Kier molecular flexibility index (Phi) is 5.72. The van der Waals surface area contributed by atoms with Crippen LogP contribution < -0.4 is 5.32 Å². The molecule has 2 aromatic heterocycles. The van der Waals surface area contributed by atoms with Crippen LogP contribution in [0.4, 0.5) is 11.4 Å². The second-order valence-corrected chi connectivity index (χ2v) is 13.4. The Morgan fingerprint density at radius 2 is 1.07 bits per heavy atom. The monoisotopic (exact) mass is 595 g/mol. The third-order valence-corrected chi connectivity index (χ3v) is 10.8. The molecule has 2 aliphatic carbocycles. The highest BCUT2D eigenvalue weighted by molar-refractivity contribution is 6.16. The van der Waals surface area contributed by atoms with Crippen LogP contribution in [-0.4, -0.2) is 0 Å². The molecule has 46 heavy (non-hydrogen) atoms. The lowest BCUT2D eigenvalue weighted by Gasteiger charge is -2.22. The van der Waals surface area contributed by atoms with Crippen molar-refractivity contribution in [1.29, 1.82) is 0 Å². The number of hydrogen-bond donors (Lipinski definition) is 1. The second kappa shape index (κ2) is 10.1. The molecule has 2 heterocycles. The van der Waals surface area contributed by atoms with E-state index in [9.17, 15) is 0 Å². The lowest BCUT2D eigenvalue weighted by atomic mass is 9.83. The lowest BCUT2D eigenvalue weighted by Crippen LogP contribution is -2.08. The van der Waals surface area contributed by atoms with Gasteiger partial charge in [-0.05, 0) is 113 Å². The molecule has 2 aliphatic rings. The van der Waals surface area contributed by atoms with Crippen LogP contribution in [0.3, 0.4) is 0 Å². The standard InChI is InChI=1S/C43H33NO2/c1-2-6-27(7-3-1)30-18-20-38-34(24-30)42-36(8-4-10-40(42)45-38)44-37-9-5-11-41-43(37)35-25-31(19-21-39(35)46-41)28-14-16-29(17-15-28)33-23-26-12-13-32(33)22-26/h1-11,14-21,24-26,32-33,44H,12-13,22-23H2. The maximum Gasteiger partial charge on any atom is 0.137 e. The molecule has 0 saturated heterocycles. The zero-order valence-electron chi connectivity index (χ0n) is 25.5. The van der Waals surface area contributed by atoms with E-state index >= 15 is 0 Å². The number of fused-ring (bicyclic) bond motifs is 8. The first-order chi connectivity index (χ1) is 22.7. The van der Waals surface area contributed by atoms with Gasteiger partial charge < -0.3 is 14.2 Å². The van der Waals surface area contributed by atoms with Crippen molar-refractivity contribution < 1.29 is 8.83 Å². The van der Waals surface area contributed by atoms with Gasteiger partial charge >= 0.3 is 0 Å². The zero-order valence-corrected chi connectivity index (χ0v) is 25.5. The molecule has 1 N–H and O–H groups in total. The van der Waals surface area contributed by atoms with Gasteiger partial charge in [0.15, 0.2) is 0 Å². The third-order valence-electron chi connectivity index (χ3n) is 10.8. The van der Waals surface area contributed by atoms with Crippen LogP contribution in [-0.2, 0) is 0 Å². The van der Waals surface area contributed by atoms with Crippen LogP contribution in [0.25, 0.3) is 66.1 Å². The molecule has 0 radical (unpaired) electrons. The molecule has 0 aliphatic heterocycles. The van der Waals surface area contributed by atoms with Crippen molar-refractivity contribution in [2.24, 2.45) is 11.8 Å². The summed E-state index contributed by atoms with van der Waals surface area (Å²) in [5, 5.41) is 8.18. The van der Waals surface area contributed by atoms with Gasteiger partial charge in [0.25, 0.3) is 0 Å². The molecule has 222 valence electrons. The van der Waals surface area contributed by atoms with Gasteiger partial charge in [0.1, 0.15) is 22.3 Å². The van der Waals surface area contributed by atoms with E-state index in [1.807, 2.05) is 6.07 Å². The average molecular weight is 596 g/mol. The highest BCUT2D eigenvalue weighted by Gasteiger charge is 2.40. The maximum atomic E-state index is 6.39. The molecule has 0 amide bonds. The maximum absolute atomic E-state index is 6.39. The van der Waals surface area contributed by atoms with E-state index in [2.05, 4.69) is 127 Å². The van der Waals surface area contributed by atoms with Crippen molar-refractivity contribution in [1.82, 2.24) is 0 Å². The fraction of sp³-hybridized carbons (Fsp3) is 0.163. The Labute approximate surface area is 267 Å². The van der Waals surface area contributed by atoms with Crippen molar-refractivity contribution in [2.75, 3.05) is 5.32 Å². The molecule has 2 bridgehead atoms.